The Labute approximate surface area is 146 Å². The summed E-state index contributed by atoms with van der Waals surface area (Å²) in [7, 11) is 0. The minimum Gasteiger partial charge on any atom is -0.455 e. The standard InChI is InChI=1S/C16H12ClFN2O5/c17-11-3-1-10(2-4-11)7-16(22)25-9-15(21)19-12-5-6-13(18)14(8-12)20(23)24/h1-6,8H,7,9H2,(H,19,21). The molecule has 0 aliphatic carbocycles. The molecule has 7 nitrogen and oxygen atoms in total. The van der Waals surface area contributed by atoms with Gasteiger partial charge in [-0.05, 0) is 29.8 Å². The van der Waals surface area contributed by atoms with Crippen LogP contribution in [-0.4, -0.2) is 23.4 Å². The zero-order chi connectivity index (χ0) is 18.4. The van der Waals surface area contributed by atoms with Crippen LogP contribution in [-0.2, 0) is 20.7 Å². The Morgan fingerprint density at radius 2 is 1.88 bits per heavy atom. The normalized spacial score (nSPS) is 10.2. The molecule has 2 rings (SSSR count). The number of anilines is 1. The molecule has 2 aromatic carbocycles. The van der Waals surface area contributed by atoms with Crippen LogP contribution in [0.25, 0.3) is 0 Å². The summed E-state index contributed by atoms with van der Waals surface area (Å²) in [4.78, 5) is 33.1. The van der Waals surface area contributed by atoms with Crippen LogP contribution in [0.2, 0.25) is 5.02 Å². The van der Waals surface area contributed by atoms with E-state index in [1.54, 1.807) is 24.3 Å². The highest BCUT2D eigenvalue weighted by Crippen LogP contribution is 2.21. The first kappa shape index (κ1) is 18.3. The first-order valence-corrected chi connectivity index (χ1v) is 7.37. The number of nitrogens with one attached hydrogen (secondary N) is 1. The minimum absolute atomic E-state index is 0.0202. The molecule has 0 saturated heterocycles. The first-order chi connectivity index (χ1) is 11.8. The number of esters is 1. The molecule has 0 fully saturated rings. The van der Waals surface area contributed by atoms with Crippen molar-refractivity contribution in [3.63, 3.8) is 0 Å². The van der Waals surface area contributed by atoms with Gasteiger partial charge in [-0.3, -0.25) is 19.7 Å². The first-order valence-electron chi connectivity index (χ1n) is 6.99. The van der Waals surface area contributed by atoms with Crippen LogP contribution in [0.3, 0.4) is 0 Å². The van der Waals surface area contributed by atoms with Crippen molar-refractivity contribution >= 4 is 34.9 Å². The van der Waals surface area contributed by atoms with E-state index in [4.69, 9.17) is 16.3 Å². The molecule has 0 bridgehead atoms. The number of nitro benzene ring substituents is 1. The van der Waals surface area contributed by atoms with Crippen LogP contribution < -0.4 is 5.32 Å². The predicted octanol–water partition coefficient (Wildman–Crippen LogP) is 3.11. The average molecular weight is 367 g/mol. The third-order valence-electron chi connectivity index (χ3n) is 3.05. The van der Waals surface area contributed by atoms with E-state index in [0.717, 1.165) is 18.2 Å². The number of carbonyl (C=O) groups is 2. The maximum atomic E-state index is 13.2. The number of halogens is 2. The van der Waals surface area contributed by atoms with E-state index in [1.807, 2.05) is 0 Å². The minimum atomic E-state index is -1.02. The summed E-state index contributed by atoms with van der Waals surface area (Å²) in [6.45, 7) is -0.572. The van der Waals surface area contributed by atoms with Crippen molar-refractivity contribution in [2.75, 3.05) is 11.9 Å². The van der Waals surface area contributed by atoms with Gasteiger partial charge in [-0.15, -0.1) is 0 Å². The van der Waals surface area contributed by atoms with Crippen molar-refractivity contribution in [3.8, 4) is 0 Å². The van der Waals surface area contributed by atoms with Gasteiger partial charge >= 0.3 is 11.7 Å². The lowest BCUT2D eigenvalue weighted by molar-refractivity contribution is -0.387. The summed E-state index contributed by atoms with van der Waals surface area (Å²) in [5.74, 6) is -2.34. The Balaban J connectivity index is 1.86. The number of nitro groups is 1. The number of benzene rings is 2. The smallest absolute Gasteiger partial charge is 0.310 e. The monoisotopic (exact) mass is 366 g/mol. The SMILES string of the molecule is O=C(COC(=O)Cc1ccc(Cl)cc1)Nc1ccc(F)c([N+](=O)[O-])c1. The Morgan fingerprint density at radius 3 is 2.52 bits per heavy atom. The lowest BCUT2D eigenvalue weighted by Crippen LogP contribution is -2.21. The van der Waals surface area contributed by atoms with E-state index in [1.165, 1.54) is 0 Å². The molecule has 1 N–H and O–H groups in total. The van der Waals surface area contributed by atoms with E-state index in [-0.39, 0.29) is 12.1 Å². The Morgan fingerprint density at radius 1 is 1.20 bits per heavy atom. The number of carbonyl (C=O) groups excluding carboxylic acids is 2. The fraction of sp³-hybridized carbons (Fsp3) is 0.125. The Bertz CT molecular complexity index is 811. The molecule has 1 amide bonds. The van der Waals surface area contributed by atoms with Gasteiger partial charge in [-0.2, -0.15) is 4.39 Å². The quantitative estimate of drug-likeness (QED) is 0.481. The summed E-state index contributed by atoms with van der Waals surface area (Å²) in [6, 6.07) is 9.46. The van der Waals surface area contributed by atoms with Gasteiger partial charge in [0, 0.05) is 16.8 Å². The second-order valence-corrected chi connectivity index (χ2v) is 5.37. The number of rotatable bonds is 6. The van der Waals surface area contributed by atoms with E-state index < -0.39 is 34.9 Å². The largest absolute Gasteiger partial charge is 0.455 e. The summed E-state index contributed by atoms with van der Waals surface area (Å²) >= 11 is 5.73. The van der Waals surface area contributed by atoms with Crippen LogP contribution in [0.15, 0.2) is 42.5 Å². The summed E-state index contributed by atoms with van der Waals surface area (Å²) in [5, 5.41) is 13.5. The highest BCUT2D eigenvalue weighted by atomic mass is 35.5. The maximum Gasteiger partial charge on any atom is 0.310 e. The topological polar surface area (TPSA) is 98.5 Å². The molecule has 0 unspecified atom stereocenters. The molecule has 0 radical (unpaired) electrons. The molecule has 0 aromatic heterocycles. The van der Waals surface area contributed by atoms with Gasteiger partial charge in [0.15, 0.2) is 6.61 Å². The predicted molar refractivity (Wildman–Crippen MR) is 87.8 cm³/mol. The maximum absolute atomic E-state index is 13.2. The molecular formula is C16H12ClFN2O5. The summed E-state index contributed by atoms with van der Waals surface area (Å²) < 4.78 is 18.0. The number of hydrogen-bond acceptors (Lipinski definition) is 5. The zero-order valence-corrected chi connectivity index (χ0v) is 13.5. The van der Waals surface area contributed by atoms with Gasteiger partial charge < -0.3 is 10.1 Å². The second-order valence-electron chi connectivity index (χ2n) is 4.94. The lowest BCUT2D eigenvalue weighted by atomic mass is 10.1. The number of nitrogens with zero attached hydrogens (tertiary/aromatic N) is 1. The third-order valence-corrected chi connectivity index (χ3v) is 3.30. The molecule has 0 atom stereocenters. The number of hydrogen-bond donors (Lipinski definition) is 1. The molecule has 9 heteroatoms. The summed E-state index contributed by atoms with van der Waals surface area (Å²) in [6.07, 6.45) is -0.0352. The van der Waals surface area contributed by atoms with Crippen LogP contribution >= 0.6 is 11.6 Å². The number of amides is 1. The van der Waals surface area contributed by atoms with Crippen LogP contribution in [0.5, 0.6) is 0 Å². The van der Waals surface area contributed by atoms with Gasteiger partial charge in [0.2, 0.25) is 5.82 Å². The molecule has 25 heavy (non-hydrogen) atoms. The highest BCUT2D eigenvalue weighted by molar-refractivity contribution is 6.30. The molecule has 0 aliphatic rings. The molecule has 0 saturated carbocycles. The fourth-order valence-corrected chi connectivity index (χ4v) is 2.02. The second kappa shape index (κ2) is 8.20. The molecule has 0 spiro atoms. The van der Waals surface area contributed by atoms with Crippen LogP contribution in [0.4, 0.5) is 15.8 Å². The van der Waals surface area contributed by atoms with Crippen molar-refractivity contribution in [2.45, 2.75) is 6.42 Å². The van der Waals surface area contributed by atoms with Crippen LogP contribution in [0.1, 0.15) is 5.56 Å². The van der Waals surface area contributed by atoms with Crippen molar-refractivity contribution < 1.29 is 23.6 Å². The molecule has 0 aliphatic heterocycles. The molecular weight excluding hydrogens is 355 g/mol. The zero-order valence-electron chi connectivity index (χ0n) is 12.7. The Hall–Kier alpha value is -3.00. The van der Waals surface area contributed by atoms with Gasteiger partial charge in [0.05, 0.1) is 11.3 Å². The molecule has 130 valence electrons. The fourth-order valence-electron chi connectivity index (χ4n) is 1.89. The van der Waals surface area contributed by atoms with E-state index in [9.17, 15) is 24.1 Å². The Kier molecular flexibility index (Phi) is 6.02. The third kappa shape index (κ3) is 5.54. The van der Waals surface area contributed by atoms with Crippen molar-refractivity contribution in [1.29, 1.82) is 0 Å². The summed E-state index contributed by atoms with van der Waals surface area (Å²) in [5.41, 5.74) is -0.0756. The van der Waals surface area contributed by atoms with Gasteiger partial charge in [-0.1, -0.05) is 23.7 Å². The van der Waals surface area contributed by atoms with Crippen LogP contribution in [0, 0.1) is 15.9 Å². The van der Waals surface area contributed by atoms with E-state index >= 15 is 0 Å². The molecule has 0 heterocycles. The van der Waals surface area contributed by atoms with E-state index in [2.05, 4.69) is 5.32 Å². The lowest BCUT2D eigenvalue weighted by Gasteiger charge is -2.07. The average Bonchev–Trinajstić information content (AvgIpc) is 2.56. The van der Waals surface area contributed by atoms with E-state index in [0.29, 0.717) is 10.6 Å². The van der Waals surface area contributed by atoms with Crippen molar-refractivity contribution in [3.05, 3.63) is 69.0 Å². The van der Waals surface area contributed by atoms with Crippen molar-refractivity contribution in [2.24, 2.45) is 0 Å². The highest BCUT2D eigenvalue weighted by Gasteiger charge is 2.16. The van der Waals surface area contributed by atoms with Gasteiger partial charge in [-0.25, -0.2) is 0 Å². The van der Waals surface area contributed by atoms with Crippen molar-refractivity contribution in [1.82, 2.24) is 0 Å². The van der Waals surface area contributed by atoms with Gasteiger partial charge in [0.25, 0.3) is 5.91 Å². The molecule has 2 aromatic rings. The number of ether oxygens (including phenoxy) is 1. The van der Waals surface area contributed by atoms with Gasteiger partial charge in [0.1, 0.15) is 0 Å².